The van der Waals surface area contributed by atoms with Crippen molar-refractivity contribution in [2.24, 2.45) is 0 Å². The first-order chi connectivity index (χ1) is 16.0. The zero-order valence-electron chi connectivity index (χ0n) is 19.7. The predicted molar refractivity (Wildman–Crippen MR) is 125 cm³/mol. The van der Waals surface area contributed by atoms with Gasteiger partial charge in [0.2, 0.25) is 11.6 Å². The summed E-state index contributed by atoms with van der Waals surface area (Å²) in [7, 11) is 3.22. The van der Waals surface area contributed by atoms with Gasteiger partial charge in [-0.2, -0.15) is 0 Å². The third kappa shape index (κ3) is 5.46. The normalized spacial score (nSPS) is 11.6. The third-order valence-electron chi connectivity index (χ3n) is 5.69. The van der Waals surface area contributed by atoms with Gasteiger partial charge in [-0.3, -0.25) is 4.98 Å². The summed E-state index contributed by atoms with van der Waals surface area (Å²) in [4.78, 5) is 20.9. The Morgan fingerprint density at radius 3 is 2.45 bits per heavy atom. The second kappa shape index (κ2) is 11.2. The molecule has 1 aromatic carbocycles. The van der Waals surface area contributed by atoms with E-state index in [1.54, 1.807) is 38.6 Å². The van der Waals surface area contributed by atoms with Gasteiger partial charge in [-0.15, -0.1) is 5.10 Å². The van der Waals surface area contributed by atoms with Crippen LogP contribution in [0.15, 0.2) is 42.6 Å². The lowest BCUT2D eigenvalue weighted by Crippen LogP contribution is -2.32. The van der Waals surface area contributed by atoms with E-state index in [4.69, 9.17) is 19.6 Å². The van der Waals surface area contributed by atoms with Crippen LogP contribution in [-0.4, -0.2) is 45.0 Å². The number of unbranched alkanes of at least 4 members (excludes halogenated alkanes) is 1. The SMILES string of the molecule is CCCCc1nc(C(CCC)(OC)OC)nn1Cc1ccc(-c2ccccc2C(=O)O)cn1. The molecule has 176 valence electrons. The number of methoxy groups -OCH3 is 2. The van der Waals surface area contributed by atoms with Crippen molar-refractivity contribution in [3.8, 4) is 11.1 Å². The maximum atomic E-state index is 11.5. The number of aryl methyl sites for hydroxylation is 1. The number of benzene rings is 1. The number of carboxylic acids is 1. The summed E-state index contributed by atoms with van der Waals surface area (Å²) < 4.78 is 13.3. The van der Waals surface area contributed by atoms with Crippen molar-refractivity contribution in [2.75, 3.05) is 14.2 Å². The zero-order chi connectivity index (χ0) is 23.8. The van der Waals surface area contributed by atoms with Crippen molar-refractivity contribution in [3.05, 3.63) is 65.5 Å². The van der Waals surface area contributed by atoms with Gasteiger partial charge in [0.25, 0.3) is 0 Å². The molecule has 0 amide bonds. The molecule has 8 nitrogen and oxygen atoms in total. The van der Waals surface area contributed by atoms with Gasteiger partial charge in [-0.25, -0.2) is 14.5 Å². The van der Waals surface area contributed by atoms with E-state index in [1.807, 2.05) is 22.9 Å². The molecule has 0 saturated heterocycles. The Morgan fingerprint density at radius 1 is 1.09 bits per heavy atom. The first-order valence-corrected chi connectivity index (χ1v) is 11.3. The number of ether oxygens (including phenoxy) is 2. The molecule has 0 aliphatic carbocycles. The molecule has 2 aromatic heterocycles. The molecule has 0 radical (unpaired) electrons. The molecule has 3 rings (SSSR count). The number of aromatic carboxylic acids is 1. The second-order valence-corrected chi connectivity index (χ2v) is 7.91. The summed E-state index contributed by atoms with van der Waals surface area (Å²) in [6.45, 7) is 4.65. The van der Waals surface area contributed by atoms with Crippen LogP contribution in [0.3, 0.4) is 0 Å². The number of rotatable bonds is 12. The molecule has 0 atom stereocenters. The molecule has 0 aliphatic heterocycles. The molecule has 33 heavy (non-hydrogen) atoms. The Balaban J connectivity index is 1.91. The molecule has 1 N–H and O–H groups in total. The van der Waals surface area contributed by atoms with Crippen LogP contribution in [0.1, 0.15) is 67.2 Å². The standard InChI is InChI=1S/C25H32N4O4/c1-5-7-12-22-27-24(25(32-3,33-4)15-6-2)28-29(22)17-19-14-13-18(16-26-19)20-10-8-9-11-21(20)23(30)31/h8-11,13-14,16H,5-7,12,15,17H2,1-4H3,(H,30,31). The molecule has 8 heteroatoms. The van der Waals surface area contributed by atoms with E-state index in [1.165, 1.54) is 0 Å². The minimum Gasteiger partial charge on any atom is -0.478 e. The van der Waals surface area contributed by atoms with Crippen LogP contribution < -0.4 is 0 Å². The first kappa shape index (κ1) is 24.5. The van der Waals surface area contributed by atoms with Crippen molar-refractivity contribution in [3.63, 3.8) is 0 Å². The third-order valence-corrected chi connectivity index (χ3v) is 5.69. The minimum atomic E-state index is -0.973. The van der Waals surface area contributed by atoms with Crippen LogP contribution in [0.5, 0.6) is 0 Å². The van der Waals surface area contributed by atoms with E-state index in [0.29, 0.717) is 24.4 Å². The molecule has 0 aliphatic rings. The lowest BCUT2D eigenvalue weighted by molar-refractivity contribution is -0.225. The summed E-state index contributed by atoms with van der Waals surface area (Å²) in [5.74, 6) is -0.549. The maximum Gasteiger partial charge on any atom is 0.336 e. The number of aromatic nitrogens is 4. The van der Waals surface area contributed by atoms with E-state index >= 15 is 0 Å². The number of nitrogens with zero attached hydrogens (tertiary/aromatic N) is 4. The molecular weight excluding hydrogens is 420 g/mol. The van der Waals surface area contributed by atoms with Crippen LogP contribution in [0.4, 0.5) is 0 Å². The summed E-state index contributed by atoms with van der Waals surface area (Å²) >= 11 is 0. The average Bonchev–Trinajstić information content (AvgIpc) is 3.24. The fraction of sp³-hybridized carbons (Fsp3) is 0.440. The highest BCUT2D eigenvalue weighted by Crippen LogP contribution is 2.29. The fourth-order valence-electron chi connectivity index (χ4n) is 3.85. The summed E-state index contributed by atoms with van der Waals surface area (Å²) in [6, 6.07) is 10.7. The lowest BCUT2D eigenvalue weighted by Gasteiger charge is -2.27. The van der Waals surface area contributed by atoms with E-state index in [9.17, 15) is 9.90 Å². The Bertz CT molecular complexity index is 1060. The number of hydrogen-bond acceptors (Lipinski definition) is 6. The number of pyridine rings is 1. The predicted octanol–water partition coefficient (Wildman–Crippen LogP) is 4.67. The summed E-state index contributed by atoms with van der Waals surface area (Å²) in [5.41, 5.74) is 2.45. The highest BCUT2D eigenvalue weighted by Gasteiger charge is 2.36. The summed E-state index contributed by atoms with van der Waals surface area (Å²) in [6.07, 6.45) is 6.05. The Labute approximate surface area is 194 Å². The lowest BCUT2D eigenvalue weighted by atomic mass is 10.0. The van der Waals surface area contributed by atoms with Crippen molar-refractivity contribution in [2.45, 2.75) is 58.3 Å². The highest BCUT2D eigenvalue weighted by atomic mass is 16.7. The van der Waals surface area contributed by atoms with Gasteiger partial charge < -0.3 is 14.6 Å². The maximum absolute atomic E-state index is 11.5. The first-order valence-electron chi connectivity index (χ1n) is 11.3. The quantitative estimate of drug-likeness (QED) is 0.399. The topological polar surface area (TPSA) is 99.4 Å². The number of carbonyl (C=O) groups is 1. The van der Waals surface area contributed by atoms with E-state index in [2.05, 4.69) is 18.8 Å². The van der Waals surface area contributed by atoms with Crippen molar-refractivity contribution in [1.29, 1.82) is 0 Å². The van der Waals surface area contributed by atoms with Crippen LogP contribution in [0.2, 0.25) is 0 Å². The molecule has 0 fully saturated rings. The number of carboxylic acid groups (broad SMARTS) is 1. The zero-order valence-corrected chi connectivity index (χ0v) is 19.7. The van der Waals surface area contributed by atoms with Gasteiger partial charge in [0.1, 0.15) is 5.82 Å². The fourth-order valence-corrected chi connectivity index (χ4v) is 3.85. The van der Waals surface area contributed by atoms with E-state index < -0.39 is 11.8 Å². The Kier molecular flexibility index (Phi) is 8.30. The van der Waals surface area contributed by atoms with E-state index in [-0.39, 0.29) is 5.56 Å². The van der Waals surface area contributed by atoms with E-state index in [0.717, 1.165) is 42.8 Å². The van der Waals surface area contributed by atoms with Crippen LogP contribution in [0, 0.1) is 0 Å². The highest BCUT2D eigenvalue weighted by molar-refractivity contribution is 5.95. The molecule has 0 unspecified atom stereocenters. The van der Waals surface area contributed by atoms with Gasteiger partial charge >= 0.3 is 5.97 Å². The van der Waals surface area contributed by atoms with Crippen molar-refractivity contribution < 1.29 is 19.4 Å². The number of hydrogen-bond donors (Lipinski definition) is 1. The average molecular weight is 453 g/mol. The van der Waals surface area contributed by atoms with Gasteiger partial charge in [-0.05, 0) is 24.1 Å². The van der Waals surface area contributed by atoms with Crippen molar-refractivity contribution >= 4 is 5.97 Å². The van der Waals surface area contributed by atoms with Gasteiger partial charge in [0.05, 0.1) is 17.8 Å². The molecule has 0 spiro atoms. The Hall–Kier alpha value is -3.10. The molecule has 0 bridgehead atoms. The smallest absolute Gasteiger partial charge is 0.336 e. The van der Waals surface area contributed by atoms with Crippen LogP contribution in [0.25, 0.3) is 11.1 Å². The monoisotopic (exact) mass is 452 g/mol. The Morgan fingerprint density at radius 2 is 1.85 bits per heavy atom. The van der Waals surface area contributed by atoms with Gasteiger partial charge in [0, 0.05) is 38.8 Å². The minimum absolute atomic E-state index is 0.251. The molecule has 2 heterocycles. The molecule has 0 saturated carbocycles. The van der Waals surface area contributed by atoms with Crippen LogP contribution >= 0.6 is 0 Å². The second-order valence-electron chi connectivity index (χ2n) is 7.91. The molecular formula is C25H32N4O4. The van der Waals surface area contributed by atoms with Crippen LogP contribution in [-0.2, 0) is 28.2 Å². The largest absolute Gasteiger partial charge is 0.478 e. The van der Waals surface area contributed by atoms with Gasteiger partial charge in [-0.1, -0.05) is 51.0 Å². The summed E-state index contributed by atoms with van der Waals surface area (Å²) in [5, 5.41) is 14.2. The van der Waals surface area contributed by atoms with Gasteiger partial charge in [0.15, 0.2) is 0 Å². The molecule has 3 aromatic rings. The van der Waals surface area contributed by atoms with Crippen molar-refractivity contribution in [1.82, 2.24) is 19.7 Å².